The zero-order valence-electron chi connectivity index (χ0n) is 10.7. The van der Waals surface area contributed by atoms with Gasteiger partial charge < -0.3 is 5.32 Å². The SMILES string of the molecule is CCC(=O)NCC1(F)C(F)C(F)(F)C(F)(F)C(F)(F)C1(F)F. The standard InChI is InChI=1S/C10H9F10NO/c1-2-4(22)21-3-6(12)5(11)7(13,14)9(17,18)10(19,20)8(6,15)16/h5H,2-3H2,1H3,(H,21,22). The number of hydrogen-bond acceptors (Lipinski definition) is 1. The van der Waals surface area contributed by atoms with Crippen molar-refractivity contribution in [3.05, 3.63) is 0 Å². The van der Waals surface area contributed by atoms with Crippen LogP contribution in [0, 0.1) is 0 Å². The largest absolute Gasteiger partial charge is 0.381 e. The van der Waals surface area contributed by atoms with Gasteiger partial charge in [-0.1, -0.05) is 6.92 Å². The van der Waals surface area contributed by atoms with Crippen molar-refractivity contribution in [3.8, 4) is 0 Å². The van der Waals surface area contributed by atoms with Crippen molar-refractivity contribution in [1.82, 2.24) is 5.32 Å². The number of alkyl halides is 10. The Morgan fingerprint density at radius 2 is 1.36 bits per heavy atom. The van der Waals surface area contributed by atoms with Crippen LogP contribution in [0.3, 0.4) is 0 Å². The molecule has 0 saturated heterocycles. The second-order valence-corrected chi connectivity index (χ2v) is 4.70. The number of nitrogens with one attached hydrogen (secondary N) is 1. The molecule has 1 fully saturated rings. The molecule has 0 aliphatic heterocycles. The topological polar surface area (TPSA) is 29.1 Å². The first kappa shape index (κ1) is 18.8. The smallest absolute Gasteiger partial charge is 0.353 e. The number of carbonyl (C=O) groups excluding carboxylic acids is 1. The van der Waals surface area contributed by atoms with Gasteiger partial charge in [0.1, 0.15) is 0 Å². The maximum atomic E-state index is 13.9. The van der Waals surface area contributed by atoms with Gasteiger partial charge in [-0.25, -0.2) is 8.78 Å². The van der Waals surface area contributed by atoms with Gasteiger partial charge in [-0.05, 0) is 0 Å². The second-order valence-electron chi connectivity index (χ2n) is 4.70. The lowest BCUT2D eigenvalue weighted by atomic mass is 9.74. The monoisotopic (exact) mass is 349 g/mol. The molecule has 2 unspecified atom stereocenters. The van der Waals surface area contributed by atoms with Gasteiger partial charge in [0.2, 0.25) is 17.7 Å². The summed E-state index contributed by atoms with van der Waals surface area (Å²) in [5.74, 6) is -27.9. The molecule has 0 aromatic rings. The van der Waals surface area contributed by atoms with Crippen molar-refractivity contribution in [2.75, 3.05) is 6.54 Å². The first-order valence-electron chi connectivity index (χ1n) is 5.72. The average molecular weight is 349 g/mol. The molecule has 12 heteroatoms. The van der Waals surface area contributed by atoms with Crippen LogP contribution in [0.25, 0.3) is 0 Å². The van der Waals surface area contributed by atoms with E-state index in [0.717, 1.165) is 6.92 Å². The Balaban J connectivity index is 3.41. The molecule has 1 aliphatic carbocycles. The van der Waals surface area contributed by atoms with Crippen LogP contribution in [0.5, 0.6) is 0 Å². The number of hydrogen-bond donors (Lipinski definition) is 1. The quantitative estimate of drug-likeness (QED) is 0.780. The van der Waals surface area contributed by atoms with Crippen LogP contribution in [-0.4, -0.2) is 48.0 Å². The summed E-state index contributed by atoms with van der Waals surface area (Å²) >= 11 is 0. The predicted octanol–water partition coefficient (Wildman–Crippen LogP) is 3.11. The molecule has 1 aliphatic rings. The molecular formula is C10H9F10NO. The van der Waals surface area contributed by atoms with E-state index in [9.17, 15) is 48.7 Å². The second kappa shape index (κ2) is 4.88. The van der Waals surface area contributed by atoms with Gasteiger partial charge in [0, 0.05) is 6.42 Å². The van der Waals surface area contributed by atoms with Crippen LogP contribution < -0.4 is 5.32 Å². The molecule has 0 heterocycles. The summed E-state index contributed by atoms with van der Waals surface area (Å²) in [4.78, 5) is 10.8. The molecule has 0 radical (unpaired) electrons. The molecule has 0 spiro atoms. The van der Waals surface area contributed by atoms with E-state index in [-0.39, 0.29) is 0 Å². The van der Waals surface area contributed by atoms with Crippen molar-refractivity contribution in [2.45, 2.75) is 48.9 Å². The number of amides is 1. The van der Waals surface area contributed by atoms with Crippen molar-refractivity contribution in [1.29, 1.82) is 0 Å². The van der Waals surface area contributed by atoms with Crippen molar-refractivity contribution < 1.29 is 48.7 Å². The molecule has 1 rings (SSSR count). The highest BCUT2D eigenvalue weighted by atomic mass is 19.4. The zero-order chi connectivity index (χ0) is 17.8. The molecule has 1 saturated carbocycles. The summed E-state index contributed by atoms with van der Waals surface area (Å²) in [5.41, 5.74) is -5.42. The third kappa shape index (κ3) is 1.98. The number of carbonyl (C=O) groups is 1. The molecular weight excluding hydrogens is 340 g/mol. The van der Waals surface area contributed by atoms with Gasteiger partial charge in [-0.2, -0.15) is 35.1 Å². The fourth-order valence-corrected chi connectivity index (χ4v) is 1.83. The van der Waals surface area contributed by atoms with Crippen molar-refractivity contribution in [3.63, 3.8) is 0 Å². The maximum absolute atomic E-state index is 13.9. The van der Waals surface area contributed by atoms with E-state index in [1.54, 1.807) is 0 Å². The van der Waals surface area contributed by atoms with Crippen molar-refractivity contribution in [2.24, 2.45) is 0 Å². The Kier molecular flexibility index (Phi) is 4.18. The summed E-state index contributed by atoms with van der Waals surface area (Å²) < 4.78 is 132. The van der Waals surface area contributed by atoms with Crippen LogP contribution in [-0.2, 0) is 4.79 Å². The maximum Gasteiger partial charge on any atom is 0.381 e. The molecule has 130 valence electrons. The molecule has 2 nitrogen and oxygen atoms in total. The van der Waals surface area contributed by atoms with Crippen LogP contribution in [0.2, 0.25) is 0 Å². The van der Waals surface area contributed by atoms with E-state index in [0.29, 0.717) is 0 Å². The van der Waals surface area contributed by atoms with Crippen LogP contribution >= 0.6 is 0 Å². The van der Waals surface area contributed by atoms with Gasteiger partial charge in [0.15, 0.2) is 0 Å². The Labute approximate surface area is 116 Å². The molecule has 0 bridgehead atoms. The molecule has 0 aromatic carbocycles. The molecule has 0 aromatic heterocycles. The van der Waals surface area contributed by atoms with Gasteiger partial charge in [0.05, 0.1) is 6.54 Å². The summed E-state index contributed by atoms with van der Waals surface area (Å²) in [6.45, 7) is -1.22. The minimum absolute atomic E-state index is 0.498. The number of halogens is 10. The Morgan fingerprint density at radius 1 is 0.909 bits per heavy atom. The minimum atomic E-state index is -6.88. The van der Waals surface area contributed by atoms with Crippen LogP contribution in [0.4, 0.5) is 43.9 Å². The van der Waals surface area contributed by atoms with Gasteiger partial charge in [0.25, 0.3) is 0 Å². The fourth-order valence-electron chi connectivity index (χ4n) is 1.83. The Hall–Kier alpha value is -1.23. The normalized spacial score (nSPS) is 35.0. The fraction of sp³-hybridized carbons (Fsp3) is 0.900. The lowest BCUT2D eigenvalue weighted by molar-refractivity contribution is -0.440. The predicted molar refractivity (Wildman–Crippen MR) is 51.8 cm³/mol. The zero-order valence-corrected chi connectivity index (χ0v) is 10.7. The van der Waals surface area contributed by atoms with Gasteiger partial charge in [-0.3, -0.25) is 4.79 Å². The number of rotatable bonds is 3. The highest BCUT2D eigenvalue weighted by molar-refractivity contribution is 5.75. The van der Waals surface area contributed by atoms with E-state index >= 15 is 0 Å². The summed E-state index contributed by atoms with van der Waals surface area (Å²) in [6, 6.07) is 0. The lowest BCUT2D eigenvalue weighted by Gasteiger charge is -2.50. The van der Waals surface area contributed by atoms with Gasteiger partial charge >= 0.3 is 23.7 Å². The molecule has 2 atom stereocenters. The van der Waals surface area contributed by atoms with Crippen LogP contribution in [0.15, 0.2) is 0 Å². The summed E-state index contributed by atoms with van der Waals surface area (Å²) in [7, 11) is 0. The van der Waals surface area contributed by atoms with E-state index in [2.05, 4.69) is 0 Å². The molecule has 1 N–H and O–H groups in total. The lowest BCUT2D eigenvalue weighted by Crippen LogP contribution is -2.81. The van der Waals surface area contributed by atoms with E-state index in [1.807, 2.05) is 0 Å². The minimum Gasteiger partial charge on any atom is -0.353 e. The van der Waals surface area contributed by atoms with Gasteiger partial charge in [-0.15, -0.1) is 0 Å². The van der Waals surface area contributed by atoms with E-state index in [4.69, 9.17) is 0 Å². The molecule has 1 amide bonds. The third-order valence-corrected chi connectivity index (χ3v) is 3.31. The highest BCUT2D eigenvalue weighted by Gasteiger charge is 2.94. The summed E-state index contributed by atoms with van der Waals surface area (Å²) in [5, 5.41) is 1.19. The van der Waals surface area contributed by atoms with E-state index < -0.39 is 54.4 Å². The first-order chi connectivity index (χ1) is 9.61. The summed E-state index contributed by atoms with van der Waals surface area (Å²) in [6.07, 6.45) is -5.47. The van der Waals surface area contributed by atoms with Crippen molar-refractivity contribution >= 4 is 5.91 Å². The van der Waals surface area contributed by atoms with Crippen LogP contribution in [0.1, 0.15) is 13.3 Å². The average Bonchev–Trinajstić information content (AvgIpc) is 2.41. The van der Waals surface area contributed by atoms with E-state index in [1.165, 1.54) is 5.32 Å². The first-order valence-corrected chi connectivity index (χ1v) is 5.72. The third-order valence-electron chi connectivity index (χ3n) is 3.31. The Bertz CT molecular complexity index is 465. The Morgan fingerprint density at radius 3 is 1.77 bits per heavy atom. The highest BCUT2D eigenvalue weighted by Crippen LogP contribution is 2.64. The molecule has 22 heavy (non-hydrogen) atoms.